The van der Waals surface area contributed by atoms with Crippen molar-refractivity contribution in [2.24, 2.45) is 11.8 Å². The third kappa shape index (κ3) is 4.55. The lowest BCUT2D eigenvalue weighted by Crippen LogP contribution is -2.44. The molecule has 1 heterocycles. The summed E-state index contributed by atoms with van der Waals surface area (Å²) in [6, 6.07) is 0.676. The zero-order valence-electron chi connectivity index (χ0n) is 12.5. The van der Waals surface area contributed by atoms with Gasteiger partial charge in [0.25, 0.3) is 0 Å². The van der Waals surface area contributed by atoms with Gasteiger partial charge in [0, 0.05) is 12.6 Å². The Balaban J connectivity index is 1.63. The van der Waals surface area contributed by atoms with Crippen LogP contribution in [-0.2, 0) is 4.74 Å². The smallest absolute Gasteiger partial charge is 0.0641 e. The van der Waals surface area contributed by atoms with Crippen LogP contribution in [0.1, 0.15) is 65.7 Å². The normalized spacial score (nSPS) is 36.5. The maximum absolute atomic E-state index is 5.77. The molecule has 0 spiro atoms. The van der Waals surface area contributed by atoms with Crippen molar-refractivity contribution in [3.63, 3.8) is 0 Å². The Bertz CT molecular complexity index is 251. The van der Waals surface area contributed by atoms with Crippen LogP contribution in [0.5, 0.6) is 0 Å². The van der Waals surface area contributed by atoms with E-state index in [1.54, 1.807) is 0 Å². The van der Waals surface area contributed by atoms with Crippen LogP contribution in [0.2, 0.25) is 0 Å². The zero-order valence-corrected chi connectivity index (χ0v) is 12.5. The highest BCUT2D eigenvalue weighted by molar-refractivity contribution is 4.83. The molecule has 2 heteroatoms. The van der Waals surface area contributed by atoms with Crippen molar-refractivity contribution < 1.29 is 4.74 Å². The zero-order chi connectivity index (χ0) is 13.0. The van der Waals surface area contributed by atoms with Crippen molar-refractivity contribution in [1.29, 1.82) is 0 Å². The number of rotatable bonds is 4. The van der Waals surface area contributed by atoms with Crippen LogP contribution in [0.25, 0.3) is 0 Å². The van der Waals surface area contributed by atoms with Gasteiger partial charge < -0.3 is 10.1 Å². The third-order valence-electron chi connectivity index (χ3n) is 4.73. The van der Waals surface area contributed by atoms with Gasteiger partial charge in [0.2, 0.25) is 0 Å². The van der Waals surface area contributed by atoms with Crippen LogP contribution in [0.4, 0.5) is 0 Å². The van der Waals surface area contributed by atoms with Crippen LogP contribution in [0, 0.1) is 11.8 Å². The van der Waals surface area contributed by atoms with E-state index in [4.69, 9.17) is 4.74 Å². The Morgan fingerprint density at radius 1 is 1.22 bits per heavy atom. The van der Waals surface area contributed by atoms with Gasteiger partial charge >= 0.3 is 0 Å². The number of hydrogen-bond acceptors (Lipinski definition) is 2. The van der Waals surface area contributed by atoms with E-state index in [0.717, 1.165) is 24.9 Å². The van der Waals surface area contributed by atoms with E-state index in [1.165, 1.54) is 45.1 Å². The van der Waals surface area contributed by atoms with Crippen LogP contribution in [0.15, 0.2) is 0 Å². The summed E-state index contributed by atoms with van der Waals surface area (Å²) in [7, 11) is 0. The van der Waals surface area contributed by atoms with E-state index in [0.29, 0.717) is 6.04 Å². The van der Waals surface area contributed by atoms with Gasteiger partial charge in [0.05, 0.1) is 5.60 Å². The standard InChI is InChI=1S/C16H31NO/c1-13-5-4-6-14(11-13)7-9-17-15-8-10-18-16(2,3)12-15/h13-15,17H,4-12H2,1-3H3. The summed E-state index contributed by atoms with van der Waals surface area (Å²) in [6.07, 6.45) is 9.56. The molecule has 0 aromatic carbocycles. The number of nitrogens with one attached hydrogen (secondary N) is 1. The summed E-state index contributed by atoms with van der Waals surface area (Å²) in [5.41, 5.74) is 0.0786. The van der Waals surface area contributed by atoms with E-state index in [2.05, 4.69) is 26.1 Å². The highest BCUT2D eigenvalue weighted by Crippen LogP contribution is 2.30. The molecule has 1 saturated carbocycles. The fourth-order valence-corrected chi connectivity index (χ4v) is 3.72. The lowest BCUT2D eigenvalue weighted by atomic mass is 9.81. The Hall–Kier alpha value is -0.0800. The fraction of sp³-hybridized carbons (Fsp3) is 1.00. The molecule has 1 aliphatic carbocycles. The summed E-state index contributed by atoms with van der Waals surface area (Å²) in [4.78, 5) is 0. The van der Waals surface area contributed by atoms with E-state index in [-0.39, 0.29) is 5.60 Å². The highest BCUT2D eigenvalue weighted by atomic mass is 16.5. The highest BCUT2D eigenvalue weighted by Gasteiger charge is 2.28. The molecule has 3 atom stereocenters. The van der Waals surface area contributed by atoms with E-state index in [9.17, 15) is 0 Å². The van der Waals surface area contributed by atoms with E-state index in [1.807, 2.05) is 0 Å². The minimum absolute atomic E-state index is 0.0786. The number of ether oxygens (including phenoxy) is 1. The van der Waals surface area contributed by atoms with Gasteiger partial charge in [0.15, 0.2) is 0 Å². The molecule has 0 bridgehead atoms. The molecule has 2 fully saturated rings. The molecule has 1 N–H and O–H groups in total. The lowest BCUT2D eigenvalue weighted by Gasteiger charge is -2.36. The van der Waals surface area contributed by atoms with E-state index < -0.39 is 0 Å². The van der Waals surface area contributed by atoms with Crippen LogP contribution >= 0.6 is 0 Å². The van der Waals surface area contributed by atoms with Crippen molar-refractivity contribution in [3.8, 4) is 0 Å². The lowest BCUT2D eigenvalue weighted by molar-refractivity contribution is -0.0629. The van der Waals surface area contributed by atoms with E-state index >= 15 is 0 Å². The van der Waals surface area contributed by atoms with Crippen molar-refractivity contribution in [3.05, 3.63) is 0 Å². The first kappa shape index (κ1) is 14.3. The topological polar surface area (TPSA) is 21.3 Å². The molecule has 0 aromatic rings. The van der Waals surface area contributed by atoms with Crippen LogP contribution in [-0.4, -0.2) is 24.8 Å². The fourth-order valence-electron chi connectivity index (χ4n) is 3.72. The Kier molecular flexibility index (Phi) is 5.08. The number of hydrogen-bond donors (Lipinski definition) is 1. The molecule has 0 aromatic heterocycles. The predicted octanol–water partition coefficient (Wildman–Crippen LogP) is 3.75. The van der Waals surface area contributed by atoms with Crippen molar-refractivity contribution >= 4 is 0 Å². The minimum Gasteiger partial charge on any atom is -0.375 e. The Labute approximate surface area is 113 Å². The summed E-state index contributed by atoms with van der Waals surface area (Å²) < 4.78 is 5.77. The summed E-state index contributed by atoms with van der Waals surface area (Å²) >= 11 is 0. The summed E-state index contributed by atoms with van der Waals surface area (Å²) in [5, 5.41) is 3.76. The third-order valence-corrected chi connectivity index (χ3v) is 4.73. The molecule has 1 aliphatic heterocycles. The second kappa shape index (κ2) is 6.38. The molecule has 2 nitrogen and oxygen atoms in total. The molecule has 0 amide bonds. The first-order valence-electron chi connectivity index (χ1n) is 7.92. The van der Waals surface area contributed by atoms with Crippen molar-refractivity contribution in [2.45, 2.75) is 77.4 Å². The van der Waals surface area contributed by atoms with Gasteiger partial charge in [-0.1, -0.05) is 26.2 Å². The monoisotopic (exact) mass is 253 g/mol. The molecular weight excluding hydrogens is 222 g/mol. The molecule has 106 valence electrons. The molecule has 1 saturated heterocycles. The van der Waals surface area contributed by atoms with Crippen molar-refractivity contribution in [2.75, 3.05) is 13.2 Å². The minimum atomic E-state index is 0.0786. The molecule has 18 heavy (non-hydrogen) atoms. The summed E-state index contributed by atoms with van der Waals surface area (Å²) in [6.45, 7) is 8.97. The van der Waals surface area contributed by atoms with Gasteiger partial charge in [-0.25, -0.2) is 0 Å². The van der Waals surface area contributed by atoms with Gasteiger partial charge in [0.1, 0.15) is 0 Å². The Morgan fingerprint density at radius 2 is 2.06 bits per heavy atom. The second-order valence-corrected chi connectivity index (χ2v) is 7.18. The summed E-state index contributed by atoms with van der Waals surface area (Å²) in [5.74, 6) is 1.94. The first-order chi connectivity index (χ1) is 8.55. The second-order valence-electron chi connectivity index (χ2n) is 7.18. The molecule has 0 radical (unpaired) electrons. The quantitative estimate of drug-likeness (QED) is 0.824. The average Bonchev–Trinajstić information content (AvgIpc) is 2.28. The average molecular weight is 253 g/mol. The predicted molar refractivity (Wildman–Crippen MR) is 76.8 cm³/mol. The van der Waals surface area contributed by atoms with Gasteiger partial charge in [-0.15, -0.1) is 0 Å². The van der Waals surface area contributed by atoms with Gasteiger partial charge in [-0.3, -0.25) is 0 Å². The molecule has 2 rings (SSSR count). The van der Waals surface area contributed by atoms with Gasteiger partial charge in [-0.05, 0) is 57.9 Å². The first-order valence-corrected chi connectivity index (χ1v) is 7.92. The molecule has 2 aliphatic rings. The molecular formula is C16H31NO. The maximum atomic E-state index is 5.77. The SMILES string of the molecule is CC1CCCC(CCNC2CCOC(C)(C)C2)C1. The van der Waals surface area contributed by atoms with Crippen molar-refractivity contribution in [1.82, 2.24) is 5.32 Å². The van der Waals surface area contributed by atoms with Gasteiger partial charge in [-0.2, -0.15) is 0 Å². The molecule has 3 unspecified atom stereocenters. The Morgan fingerprint density at radius 3 is 2.78 bits per heavy atom. The largest absolute Gasteiger partial charge is 0.375 e. The van der Waals surface area contributed by atoms with Crippen LogP contribution < -0.4 is 5.32 Å². The maximum Gasteiger partial charge on any atom is 0.0641 e. The van der Waals surface area contributed by atoms with Crippen LogP contribution in [0.3, 0.4) is 0 Å².